The summed E-state index contributed by atoms with van der Waals surface area (Å²) in [5.74, 6) is -0.0926. The Hall–Kier alpha value is -1.36. The minimum atomic E-state index is -0.0926. The van der Waals surface area contributed by atoms with Crippen molar-refractivity contribution in [1.29, 1.82) is 0 Å². The molecule has 88 valence electrons. The summed E-state index contributed by atoms with van der Waals surface area (Å²) in [6.07, 6.45) is 4.19. The summed E-state index contributed by atoms with van der Waals surface area (Å²) in [6, 6.07) is 2.16. The first-order valence-corrected chi connectivity index (χ1v) is 5.85. The van der Waals surface area contributed by atoms with Gasteiger partial charge in [0.15, 0.2) is 0 Å². The molecule has 2 heterocycles. The second-order valence-electron chi connectivity index (χ2n) is 4.04. The molecule has 16 heavy (non-hydrogen) atoms. The number of rotatable bonds is 3. The van der Waals surface area contributed by atoms with Crippen LogP contribution in [0, 0.1) is 0 Å². The highest BCUT2D eigenvalue weighted by atomic mass is 16.1. The highest BCUT2D eigenvalue weighted by molar-refractivity contribution is 5.92. The lowest BCUT2D eigenvalue weighted by molar-refractivity contribution is 0.0949. The lowest BCUT2D eigenvalue weighted by Crippen LogP contribution is -2.32. The number of nitrogens with zero attached hydrogens (tertiary/aromatic N) is 2. The quantitative estimate of drug-likeness (QED) is 0.785. The van der Waals surface area contributed by atoms with Crippen molar-refractivity contribution in [1.82, 2.24) is 20.4 Å². The largest absolute Gasteiger partial charge is 0.351 e. The Bertz CT molecular complexity index is 355. The maximum absolute atomic E-state index is 11.5. The zero-order chi connectivity index (χ0) is 11.4. The van der Waals surface area contributed by atoms with Crippen molar-refractivity contribution in [3.8, 4) is 0 Å². The van der Waals surface area contributed by atoms with Crippen molar-refractivity contribution < 1.29 is 4.79 Å². The van der Waals surface area contributed by atoms with Crippen LogP contribution >= 0.6 is 0 Å². The summed E-state index contributed by atoms with van der Waals surface area (Å²) in [7, 11) is 0. The van der Waals surface area contributed by atoms with E-state index in [2.05, 4.69) is 15.7 Å². The zero-order valence-corrected chi connectivity index (χ0v) is 9.57. The van der Waals surface area contributed by atoms with Crippen LogP contribution in [0.25, 0.3) is 0 Å². The van der Waals surface area contributed by atoms with Crippen LogP contribution in [0.2, 0.25) is 0 Å². The molecule has 5 nitrogen and oxygen atoms in total. The normalized spacial score (nSPS) is 20.7. The maximum Gasteiger partial charge on any atom is 0.271 e. The van der Waals surface area contributed by atoms with Gasteiger partial charge in [-0.3, -0.25) is 9.48 Å². The number of amides is 1. The standard InChI is InChI=1S/C11H18N4O/c1-2-13-11(16)10-5-7-15(14-10)9-4-3-6-12-8-9/h5,7,9,12H,2-4,6,8H2,1H3,(H,13,16). The Labute approximate surface area is 95.2 Å². The van der Waals surface area contributed by atoms with Gasteiger partial charge < -0.3 is 10.6 Å². The summed E-state index contributed by atoms with van der Waals surface area (Å²) in [6.45, 7) is 4.56. The third-order valence-electron chi connectivity index (χ3n) is 2.82. The van der Waals surface area contributed by atoms with Gasteiger partial charge in [0.25, 0.3) is 5.91 Å². The molecule has 5 heteroatoms. The van der Waals surface area contributed by atoms with E-state index in [1.165, 1.54) is 6.42 Å². The van der Waals surface area contributed by atoms with Crippen LogP contribution < -0.4 is 10.6 Å². The number of hydrogen-bond acceptors (Lipinski definition) is 3. The topological polar surface area (TPSA) is 59.0 Å². The van der Waals surface area contributed by atoms with Gasteiger partial charge in [-0.15, -0.1) is 0 Å². The van der Waals surface area contributed by atoms with Crippen LogP contribution in [0.15, 0.2) is 12.3 Å². The lowest BCUT2D eigenvalue weighted by atomic mass is 10.1. The van der Waals surface area contributed by atoms with E-state index < -0.39 is 0 Å². The number of carbonyl (C=O) groups excluding carboxylic acids is 1. The molecule has 1 aliphatic heterocycles. The molecule has 1 aliphatic rings. The molecule has 1 amide bonds. The van der Waals surface area contributed by atoms with Crippen LogP contribution in [-0.4, -0.2) is 35.3 Å². The van der Waals surface area contributed by atoms with E-state index in [1.54, 1.807) is 6.07 Å². The molecule has 0 saturated carbocycles. The first kappa shape index (κ1) is 11.1. The first-order valence-electron chi connectivity index (χ1n) is 5.85. The van der Waals surface area contributed by atoms with Crippen molar-refractivity contribution in [2.75, 3.05) is 19.6 Å². The molecule has 0 spiro atoms. The van der Waals surface area contributed by atoms with Crippen molar-refractivity contribution in [3.05, 3.63) is 18.0 Å². The molecule has 2 rings (SSSR count). The molecule has 0 aromatic carbocycles. The highest BCUT2D eigenvalue weighted by Gasteiger charge is 2.17. The number of aromatic nitrogens is 2. The van der Waals surface area contributed by atoms with Gasteiger partial charge >= 0.3 is 0 Å². The minimum absolute atomic E-state index is 0.0926. The summed E-state index contributed by atoms with van der Waals surface area (Å²) in [5, 5.41) is 10.4. The lowest BCUT2D eigenvalue weighted by Gasteiger charge is -2.22. The van der Waals surface area contributed by atoms with E-state index in [0.717, 1.165) is 19.5 Å². The van der Waals surface area contributed by atoms with E-state index in [4.69, 9.17) is 0 Å². The third kappa shape index (κ3) is 2.41. The summed E-state index contributed by atoms with van der Waals surface area (Å²) in [5.41, 5.74) is 0.507. The van der Waals surface area contributed by atoms with Gasteiger partial charge in [-0.05, 0) is 32.4 Å². The SMILES string of the molecule is CCNC(=O)c1ccn(C2CCCNC2)n1. The molecule has 1 atom stereocenters. The second kappa shape index (κ2) is 5.12. The molecule has 2 N–H and O–H groups in total. The fourth-order valence-electron chi connectivity index (χ4n) is 1.97. The second-order valence-corrected chi connectivity index (χ2v) is 4.04. The molecule has 1 aromatic heterocycles. The van der Waals surface area contributed by atoms with E-state index in [-0.39, 0.29) is 5.91 Å². The monoisotopic (exact) mass is 222 g/mol. The summed E-state index contributed by atoms with van der Waals surface area (Å²) >= 11 is 0. The fourth-order valence-corrected chi connectivity index (χ4v) is 1.97. The number of hydrogen-bond donors (Lipinski definition) is 2. The fraction of sp³-hybridized carbons (Fsp3) is 0.636. The Morgan fingerprint density at radius 3 is 3.31 bits per heavy atom. The smallest absolute Gasteiger partial charge is 0.271 e. The third-order valence-corrected chi connectivity index (χ3v) is 2.82. The summed E-state index contributed by atoms with van der Waals surface area (Å²) in [4.78, 5) is 11.5. The number of carbonyl (C=O) groups is 1. The van der Waals surface area contributed by atoms with Gasteiger partial charge in [0.05, 0.1) is 6.04 Å². The first-order chi connectivity index (χ1) is 7.81. The average Bonchev–Trinajstić information content (AvgIpc) is 2.80. The molecular formula is C11H18N4O. The Balaban J connectivity index is 2.03. The van der Waals surface area contributed by atoms with Crippen LogP contribution in [0.5, 0.6) is 0 Å². The van der Waals surface area contributed by atoms with Crippen molar-refractivity contribution in [2.24, 2.45) is 0 Å². The van der Waals surface area contributed by atoms with Crippen LogP contribution in [0.3, 0.4) is 0 Å². The van der Waals surface area contributed by atoms with Gasteiger partial charge in [-0.25, -0.2) is 0 Å². The molecule has 1 saturated heterocycles. The highest BCUT2D eigenvalue weighted by Crippen LogP contribution is 2.15. The predicted octanol–water partition coefficient (Wildman–Crippen LogP) is 0.557. The Morgan fingerprint density at radius 1 is 1.75 bits per heavy atom. The van der Waals surface area contributed by atoms with Crippen LogP contribution in [-0.2, 0) is 0 Å². The van der Waals surface area contributed by atoms with Crippen molar-refractivity contribution >= 4 is 5.91 Å². The molecule has 0 radical (unpaired) electrons. The van der Waals surface area contributed by atoms with E-state index >= 15 is 0 Å². The minimum Gasteiger partial charge on any atom is -0.351 e. The van der Waals surface area contributed by atoms with Gasteiger partial charge in [0, 0.05) is 19.3 Å². The molecular weight excluding hydrogens is 204 g/mol. The number of nitrogens with one attached hydrogen (secondary N) is 2. The zero-order valence-electron chi connectivity index (χ0n) is 9.57. The van der Waals surface area contributed by atoms with E-state index in [1.807, 2.05) is 17.8 Å². The van der Waals surface area contributed by atoms with Gasteiger partial charge in [0.2, 0.25) is 0 Å². The van der Waals surface area contributed by atoms with Crippen LogP contribution in [0.4, 0.5) is 0 Å². The molecule has 1 unspecified atom stereocenters. The van der Waals surface area contributed by atoms with Gasteiger partial charge in [-0.2, -0.15) is 5.10 Å². The van der Waals surface area contributed by atoms with E-state index in [0.29, 0.717) is 18.3 Å². The molecule has 1 aromatic rings. The van der Waals surface area contributed by atoms with Crippen molar-refractivity contribution in [3.63, 3.8) is 0 Å². The van der Waals surface area contributed by atoms with Crippen molar-refractivity contribution in [2.45, 2.75) is 25.8 Å². The Morgan fingerprint density at radius 2 is 2.62 bits per heavy atom. The van der Waals surface area contributed by atoms with Crippen LogP contribution in [0.1, 0.15) is 36.3 Å². The summed E-state index contributed by atoms with van der Waals surface area (Å²) < 4.78 is 1.90. The average molecular weight is 222 g/mol. The van der Waals surface area contributed by atoms with Gasteiger partial charge in [-0.1, -0.05) is 0 Å². The van der Waals surface area contributed by atoms with E-state index in [9.17, 15) is 4.79 Å². The maximum atomic E-state index is 11.5. The van der Waals surface area contributed by atoms with Gasteiger partial charge in [0.1, 0.15) is 5.69 Å². The molecule has 0 aliphatic carbocycles. The predicted molar refractivity (Wildman–Crippen MR) is 61.4 cm³/mol. The Kier molecular flexibility index (Phi) is 3.56. The molecule has 1 fully saturated rings. The molecule has 0 bridgehead atoms. The number of piperidine rings is 1.